The van der Waals surface area contributed by atoms with E-state index in [2.05, 4.69) is 15.3 Å². The van der Waals surface area contributed by atoms with Crippen LogP contribution >= 0.6 is 0 Å². The van der Waals surface area contributed by atoms with E-state index < -0.39 is 0 Å². The Kier molecular flexibility index (Phi) is 2.86. The highest BCUT2D eigenvalue weighted by Gasteiger charge is 2.20. The monoisotopic (exact) mass is 206 g/mol. The fourth-order valence-corrected chi connectivity index (χ4v) is 2.05. The van der Waals surface area contributed by atoms with Gasteiger partial charge in [-0.2, -0.15) is 0 Å². The lowest BCUT2D eigenvalue weighted by atomic mass is 9.92. The van der Waals surface area contributed by atoms with Crippen LogP contribution in [-0.2, 0) is 6.42 Å². The van der Waals surface area contributed by atoms with Crippen molar-refractivity contribution in [1.29, 1.82) is 0 Å². The summed E-state index contributed by atoms with van der Waals surface area (Å²) >= 11 is 0. The number of nitrogens with one attached hydrogen (secondary N) is 1. The maximum Gasteiger partial charge on any atom is 0.225 e. The van der Waals surface area contributed by atoms with Crippen LogP contribution < -0.4 is 10.2 Å². The van der Waals surface area contributed by atoms with Gasteiger partial charge in [0.2, 0.25) is 5.95 Å². The van der Waals surface area contributed by atoms with E-state index in [1.54, 1.807) is 0 Å². The summed E-state index contributed by atoms with van der Waals surface area (Å²) < 4.78 is 0. The van der Waals surface area contributed by atoms with Crippen molar-refractivity contribution in [2.45, 2.75) is 25.3 Å². The number of hydrogen-bond donors (Lipinski definition) is 1. The van der Waals surface area contributed by atoms with Gasteiger partial charge in [-0.05, 0) is 26.3 Å². The molecule has 0 fully saturated rings. The van der Waals surface area contributed by atoms with Crippen LogP contribution in [0.3, 0.4) is 0 Å². The van der Waals surface area contributed by atoms with Crippen molar-refractivity contribution in [3.63, 3.8) is 0 Å². The number of nitrogens with zero attached hydrogens (tertiary/aromatic N) is 3. The Morgan fingerprint density at radius 3 is 2.93 bits per heavy atom. The lowest BCUT2D eigenvalue weighted by Gasteiger charge is -2.24. The highest BCUT2D eigenvalue weighted by molar-refractivity contribution is 5.33. The van der Waals surface area contributed by atoms with E-state index in [-0.39, 0.29) is 0 Å². The topological polar surface area (TPSA) is 41.1 Å². The van der Waals surface area contributed by atoms with Crippen LogP contribution in [0.1, 0.15) is 30.1 Å². The molecule has 0 spiro atoms. The minimum atomic E-state index is 0.435. The molecule has 82 valence electrons. The van der Waals surface area contributed by atoms with Gasteiger partial charge in [-0.15, -0.1) is 0 Å². The minimum absolute atomic E-state index is 0.435. The summed E-state index contributed by atoms with van der Waals surface area (Å²) in [7, 11) is 5.94. The highest BCUT2D eigenvalue weighted by Crippen LogP contribution is 2.28. The number of hydrogen-bond acceptors (Lipinski definition) is 4. The molecular weight excluding hydrogens is 188 g/mol. The zero-order valence-electron chi connectivity index (χ0n) is 9.62. The number of rotatable bonds is 2. The summed E-state index contributed by atoms with van der Waals surface area (Å²) in [6, 6.07) is 0.435. The molecule has 0 amide bonds. The van der Waals surface area contributed by atoms with Crippen LogP contribution in [0.15, 0.2) is 6.20 Å². The molecule has 15 heavy (non-hydrogen) atoms. The molecule has 1 aliphatic carbocycles. The quantitative estimate of drug-likeness (QED) is 0.788. The van der Waals surface area contributed by atoms with Gasteiger partial charge in [-0.1, -0.05) is 0 Å². The number of aryl methyl sites for hydroxylation is 1. The number of aromatic nitrogens is 2. The molecule has 1 heterocycles. The van der Waals surface area contributed by atoms with Gasteiger partial charge in [0.15, 0.2) is 0 Å². The van der Waals surface area contributed by atoms with Crippen LogP contribution in [0, 0.1) is 0 Å². The first-order valence-corrected chi connectivity index (χ1v) is 5.42. The fourth-order valence-electron chi connectivity index (χ4n) is 2.05. The highest BCUT2D eigenvalue weighted by atomic mass is 15.2. The third-order valence-electron chi connectivity index (χ3n) is 2.92. The van der Waals surface area contributed by atoms with Crippen molar-refractivity contribution in [3.05, 3.63) is 17.5 Å². The SMILES string of the molecule is CNC1CCCc2nc(N(C)C)ncc21. The predicted molar refractivity (Wildman–Crippen MR) is 61.1 cm³/mol. The summed E-state index contributed by atoms with van der Waals surface area (Å²) in [6.07, 6.45) is 5.45. The second-order valence-electron chi connectivity index (χ2n) is 4.20. The van der Waals surface area contributed by atoms with Gasteiger partial charge in [0, 0.05) is 31.9 Å². The molecule has 1 N–H and O–H groups in total. The predicted octanol–water partition coefficient (Wildman–Crippen LogP) is 1.14. The van der Waals surface area contributed by atoms with Gasteiger partial charge in [0.25, 0.3) is 0 Å². The summed E-state index contributed by atoms with van der Waals surface area (Å²) in [5.74, 6) is 0.811. The lowest BCUT2D eigenvalue weighted by Crippen LogP contribution is -2.24. The van der Waals surface area contributed by atoms with Crippen molar-refractivity contribution >= 4 is 5.95 Å². The Balaban J connectivity index is 2.36. The van der Waals surface area contributed by atoms with Crippen molar-refractivity contribution in [3.8, 4) is 0 Å². The molecule has 1 unspecified atom stereocenters. The van der Waals surface area contributed by atoms with E-state index in [1.165, 1.54) is 24.1 Å². The third kappa shape index (κ3) is 1.95. The number of fused-ring (bicyclic) bond motifs is 1. The van der Waals surface area contributed by atoms with Crippen LogP contribution in [-0.4, -0.2) is 31.1 Å². The Hall–Kier alpha value is -1.16. The molecular formula is C11H18N4. The van der Waals surface area contributed by atoms with E-state index >= 15 is 0 Å². The molecule has 4 nitrogen and oxygen atoms in total. The third-order valence-corrected chi connectivity index (χ3v) is 2.92. The molecule has 0 saturated carbocycles. The van der Waals surface area contributed by atoms with Crippen LogP contribution in [0.4, 0.5) is 5.95 Å². The lowest BCUT2D eigenvalue weighted by molar-refractivity contribution is 0.487. The van der Waals surface area contributed by atoms with E-state index in [1.807, 2.05) is 32.2 Å². The minimum Gasteiger partial charge on any atom is -0.347 e. The molecule has 1 aromatic rings. The first-order valence-electron chi connectivity index (χ1n) is 5.42. The Morgan fingerprint density at radius 2 is 2.27 bits per heavy atom. The normalized spacial score (nSPS) is 19.8. The molecule has 1 atom stereocenters. The van der Waals surface area contributed by atoms with Crippen molar-refractivity contribution in [1.82, 2.24) is 15.3 Å². The molecule has 0 saturated heterocycles. The Labute approximate surface area is 90.7 Å². The average Bonchev–Trinajstić information content (AvgIpc) is 2.27. The van der Waals surface area contributed by atoms with Gasteiger partial charge in [-0.3, -0.25) is 0 Å². The van der Waals surface area contributed by atoms with Crippen LogP contribution in [0.5, 0.6) is 0 Å². The maximum absolute atomic E-state index is 4.59. The van der Waals surface area contributed by atoms with E-state index in [0.29, 0.717) is 6.04 Å². The van der Waals surface area contributed by atoms with E-state index in [9.17, 15) is 0 Å². The van der Waals surface area contributed by atoms with E-state index in [4.69, 9.17) is 0 Å². The van der Waals surface area contributed by atoms with Crippen LogP contribution in [0.25, 0.3) is 0 Å². The second kappa shape index (κ2) is 4.14. The van der Waals surface area contributed by atoms with Crippen LogP contribution in [0.2, 0.25) is 0 Å². The van der Waals surface area contributed by atoms with Gasteiger partial charge in [-0.25, -0.2) is 9.97 Å². The fraction of sp³-hybridized carbons (Fsp3) is 0.636. The summed E-state index contributed by atoms with van der Waals surface area (Å²) in [4.78, 5) is 10.9. The zero-order chi connectivity index (χ0) is 10.8. The van der Waals surface area contributed by atoms with Crippen molar-refractivity contribution in [2.75, 3.05) is 26.0 Å². The average molecular weight is 206 g/mol. The summed E-state index contributed by atoms with van der Waals surface area (Å²) in [5.41, 5.74) is 2.48. The molecule has 2 rings (SSSR count). The molecule has 0 bridgehead atoms. The van der Waals surface area contributed by atoms with Crippen molar-refractivity contribution < 1.29 is 0 Å². The van der Waals surface area contributed by atoms with E-state index in [0.717, 1.165) is 12.4 Å². The summed E-state index contributed by atoms with van der Waals surface area (Å²) in [5, 5.41) is 3.32. The molecule has 4 heteroatoms. The number of anilines is 1. The molecule has 1 aliphatic rings. The smallest absolute Gasteiger partial charge is 0.225 e. The maximum atomic E-state index is 4.59. The first kappa shape index (κ1) is 10.4. The van der Waals surface area contributed by atoms with Crippen molar-refractivity contribution in [2.24, 2.45) is 0 Å². The van der Waals surface area contributed by atoms with Gasteiger partial charge < -0.3 is 10.2 Å². The Morgan fingerprint density at radius 1 is 1.47 bits per heavy atom. The zero-order valence-corrected chi connectivity index (χ0v) is 9.62. The molecule has 0 radical (unpaired) electrons. The summed E-state index contributed by atoms with van der Waals surface area (Å²) in [6.45, 7) is 0. The van der Waals surface area contributed by atoms with Gasteiger partial charge in [0.05, 0.1) is 5.69 Å². The molecule has 0 aromatic carbocycles. The van der Waals surface area contributed by atoms with Gasteiger partial charge in [0.1, 0.15) is 0 Å². The molecule has 1 aromatic heterocycles. The first-order chi connectivity index (χ1) is 7.22. The largest absolute Gasteiger partial charge is 0.347 e. The standard InChI is InChI=1S/C11H18N4/c1-12-9-5-4-6-10-8(9)7-13-11(14-10)15(2)3/h7,9,12H,4-6H2,1-3H3. The second-order valence-corrected chi connectivity index (χ2v) is 4.20. The Bertz CT molecular complexity index is 348. The molecule has 0 aliphatic heterocycles. The van der Waals surface area contributed by atoms with Gasteiger partial charge >= 0.3 is 0 Å².